The lowest BCUT2D eigenvalue weighted by molar-refractivity contribution is -0.123. The Bertz CT molecular complexity index is 796. The number of rotatable bonds is 7. The van der Waals surface area contributed by atoms with Gasteiger partial charge in [-0.05, 0) is 62.1 Å². The fourth-order valence-electron chi connectivity index (χ4n) is 2.70. The van der Waals surface area contributed by atoms with Gasteiger partial charge in [0.2, 0.25) is 0 Å². The molecule has 27 heavy (non-hydrogen) atoms. The van der Waals surface area contributed by atoms with Crippen LogP contribution in [0.2, 0.25) is 0 Å². The zero-order chi connectivity index (χ0) is 20.0. The summed E-state index contributed by atoms with van der Waals surface area (Å²) in [5.41, 5.74) is 3.17. The van der Waals surface area contributed by atoms with Crippen LogP contribution in [0, 0.1) is 6.92 Å². The molecular formula is C22H27NO4. The van der Waals surface area contributed by atoms with Gasteiger partial charge in [-0.25, -0.2) is 4.79 Å². The molecule has 1 N–H and O–H groups in total. The Labute approximate surface area is 160 Å². The number of amides is 1. The first-order valence-corrected chi connectivity index (χ1v) is 9.17. The number of ether oxygens (including phenoxy) is 2. The number of hydrogen-bond acceptors (Lipinski definition) is 4. The topological polar surface area (TPSA) is 64.6 Å². The maximum atomic E-state index is 12.5. The standard InChI is InChI=1S/C22H27NO4/c1-6-26-18-12-10-17(11-13-18)22(25)27-16(5)21(24)23-20-15(4)8-7-9-19(20)14(2)3/h7-14,16H,6H2,1-5H3,(H,23,24)/t16-/m0/s1. The molecule has 0 unspecified atom stereocenters. The molecule has 1 amide bonds. The lowest BCUT2D eigenvalue weighted by Crippen LogP contribution is -2.30. The van der Waals surface area contributed by atoms with Crippen LogP contribution in [0.1, 0.15) is 55.1 Å². The van der Waals surface area contributed by atoms with Crippen LogP contribution in [0.15, 0.2) is 42.5 Å². The van der Waals surface area contributed by atoms with Gasteiger partial charge >= 0.3 is 5.97 Å². The summed E-state index contributed by atoms with van der Waals surface area (Å²) in [6.07, 6.45) is -0.913. The van der Waals surface area contributed by atoms with E-state index in [0.717, 1.165) is 16.8 Å². The Kier molecular flexibility index (Phi) is 6.99. The van der Waals surface area contributed by atoms with Crippen molar-refractivity contribution < 1.29 is 19.1 Å². The van der Waals surface area contributed by atoms with Crippen LogP contribution in [0.25, 0.3) is 0 Å². The third kappa shape index (κ3) is 5.33. The van der Waals surface area contributed by atoms with Crippen molar-refractivity contribution in [2.75, 3.05) is 11.9 Å². The molecule has 0 spiro atoms. The summed E-state index contributed by atoms with van der Waals surface area (Å²) in [6.45, 7) is 10.1. The van der Waals surface area contributed by atoms with Gasteiger partial charge in [-0.2, -0.15) is 0 Å². The van der Waals surface area contributed by atoms with Gasteiger partial charge in [0.15, 0.2) is 6.10 Å². The van der Waals surface area contributed by atoms with Crippen LogP contribution >= 0.6 is 0 Å². The number of aryl methyl sites for hydroxylation is 1. The zero-order valence-corrected chi connectivity index (χ0v) is 16.5. The number of anilines is 1. The summed E-state index contributed by atoms with van der Waals surface area (Å²) in [7, 11) is 0. The van der Waals surface area contributed by atoms with Crippen molar-refractivity contribution in [2.24, 2.45) is 0 Å². The number of hydrogen-bond donors (Lipinski definition) is 1. The Hall–Kier alpha value is -2.82. The van der Waals surface area contributed by atoms with Gasteiger partial charge in [0.05, 0.1) is 12.2 Å². The third-order valence-electron chi connectivity index (χ3n) is 4.23. The number of nitrogens with one attached hydrogen (secondary N) is 1. The van der Waals surface area contributed by atoms with E-state index >= 15 is 0 Å². The average Bonchev–Trinajstić information content (AvgIpc) is 2.63. The van der Waals surface area contributed by atoms with Gasteiger partial charge in [0.25, 0.3) is 5.91 Å². The SMILES string of the molecule is CCOc1ccc(C(=O)O[C@@H](C)C(=O)Nc2c(C)cccc2C(C)C)cc1. The molecule has 144 valence electrons. The Morgan fingerprint density at radius 2 is 1.70 bits per heavy atom. The van der Waals surface area contributed by atoms with E-state index in [1.807, 2.05) is 32.0 Å². The number of carbonyl (C=O) groups is 2. The second kappa shape index (κ2) is 9.21. The van der Waals surface area contributed by atoms with Gasteiger partial charge in [0.1, 0.15) is 5.75 Å². The molecule has 0 saturated heterocycles. The summed E-state index contributed by atoms with van der Waals surface area (Å²) >= 11 is 0. The molecule has 5 nitrogen and oxygen atoms in total. The molecular weight excluding hydrogens is 342 g/mol. The zero-order valence-electron chi connectivity index (χ0n) is 16.5. The summed E-state index contributed by atoms with van der Waals surface area (Å²) in [4.78, 5) is 24.8. The van der Waals surface area contributed by atoms with Crippen molar-refractivity contribution in [1.29, 1.82) is 0 Å². The van der Waals surface area contributed by atoms with E-state index in [9.17, 15) is 9.59 Å². The van der Waals surface area contributed by atoms with Crippen LogP contribution in [0.5, 0.6) is 5.75 Å². The van der Waals surface area contributed by atoms with Crippen molar-refractivity contribution in [1.82, 2.24) is 0 Å². The normalized spacial score (nSPS) is 11.8. The number of benzene rings is 2. The fraction of sp³-hybridized carbons (Fsp3) is 0.364. The number of esters is 1. The molecule has 1 atom stereocenters. The molecule has 0 saturated carbocycles. The molecule has 2 rings (SSSR count). The summed E-state index contributed by atoms with van der Waals surface area (Å²) < 4.78 is 10.7. The first-order valence-electron chi connectivity index (χ1n) is 9.17. The molecule has 0 aliphatic carbocycles. The smallest absolute Gasteiger partial charge is 0.338 e. The lowest BCUT2D eigenvalue weighted by atomic mass is 9.98. The molecule has 0 aliphatic rings. The molecule has 0 bridgehead atoms. The Balaban J connectivity index is 2.04. The van der Waals surface area contributed by atoms with Gasteiger partial charge in [-0.1, -0.05) is 32.0 Å². The van der Waals surface area contributed by atoms with Crippen molar-refractivity contribution in [3.05, 3.63) is 59.2 Å². The molecule has 2 aromatic carbocycles. The first kappa shape index (κ1) is 20.5. The van der Waals surface area contributed by atoms with Gasteiger partial charge in [-0.15, -0.1) is 0 Å². The predicted octanol–water partition coefficient (Wildman–Crippen LogP) is 4.70. The monoisotopic (exact) mass is 369 g/mol. The third-order valence-corrected chi connectivity index (χ3v) is 4.23. The van der Waals surface area contributed by atoms with E-state index in [1.54, 1.807) is 31.2 Å². The van der Waals surface area contributed by atoms with Crippen molar-refractivity contribution >= 4 is 17.6 Å². The summed E-state index contributed by atoms with van der Waals surface area (Å²) in [5, 5.41) is 2.91. The maximum absolute atomic E-state index is 12.5. The Morgan fingerprint density at radius 3 is 2.30 bits per heavy atom. The van der Waals surface area contributed by atoms with Gasteiger partial charge < -0.3 is 14.8 Å². The second-order valence-electron chi connectivity index (χ2n) is 6.69. The molecule has 5 heteroatoms. The molecule has 0 aromatic heterocycles. The highest BCUT2D eigenvalue weighted by Gasteiger charge is 2.21. The second-order valence-corrected chi connectivity index (χ2v) is 6.69. The van der Waals surface area contributed by atoms with E-state index < -0.39 is 12.1 Å². The van der Waals surface area contributed by atoms with Crippen molar-refractivity contribution in [3.8, 4) is 5.75 Å². The van der Waals surface area contributed by atoms with Gasteiger partial charge in [0, 0.05) is 5.69 Å². The molecule has 0 radical (unpaired) electrons. The van der Waals surface area contributed by atoms with E-state index in [2.05, 4.69) is 19.2 Å². The molecule has 0 fully saturated rings. The van der Waals surface area contributed by atoms with Crippen LogP contribution in [-0.4, -0.2) is 24.6 Å². The van der Waals surface area contributed by atoms with Crippen LogP contribution in [-0.2, 0) is 9.53 Å². The van der Waals surface area contributed by atoms with E-state index in [-0.39, 0.29) is 11.8 Å². The average molecular weight is 369 g/mol. The minimum atomic E-state index is -0.913. The fourth-order valence-corrected chi connectivity index (χ4v) is 2.70. The van der Waals surface area contributed by atoms with Crippen molar-refractivity contribution in [2.45, 2.75) is 46.6 Å². The lowest BCUT2D eigenvalue weighted by Gasteiger charge is -2.19. The van der Waals surface area contributed by atoms with E-state index in [1.165, 1.54) is 0 Å². The Morgan fingerprint density at radius 1 is 1.04 bits per heavy atom. The summed E-state index contributed by atoms with van der Waals surface area (Å²) in [5.74, 6) is 0.0440. The van der Waals surface area contributed by atoms with Crippen LogP contribution in [0.4, 0.5) is 5.69 Å². The number of carbonyl (C=O) groups excluding carboxylic acids is 2. The van der Waals surface area contributed by atoms with E-state index in [0.29, 0.717) is 17.9 Å². The van der Waals surface area contributed by atoms with Gasteiger partial charge in [-0.3, -0.25) is 4.79 Å². The largest absolute Gasteiger partial charge is 0.494 e. The summed E-state index contributed by atoms with van der Waals surface area (Å²) in [6, 6.07) is 12.5. The maximum Gasteiger partial charge on any atom is 0.338 e. The van der Waals surface area contributed by atoms with E-state index in [4.69, 9.17) is 9.47 Å². The van der Waals surface area contributed by atoms with Crippen molar-refractivity contribution in [3.63, 3.8) is 0 Å². The molecule has 0 heterocycles. The minimum Gasteiger partial charge on any atom is -0.494 e. The van der Waals surface area contributed by atoms with Crippen LogP contribution in [0.3, 0.4) is 0 Å². The minimum absolute atomic E-state index is 0.266. The molecule has 2 aromatic rings. The highest BCUT2D eigenvalue weighted by Crippen LogP contribution is 2.27. The highest BCUT2D eigenvalue weighted by molar-refractivity contribution is 5.98. The quantitative estimate of drug-likeness (QED) is 0.719. The predicted molar refractivity (Wildman–Crippen MR) is 106 cm³/mol. The highest BCUT2D eigenvalue weighted by atomic mass is 16.5. The molecule has 0 aliphatic heterocycles. The van der Waals surface area contributed by atoms with Crippen LogP contribution < -0.4 is 10.1 Å². The first-order chi connectivity index (χ1) is 12.8. The number of para-hydroxylation sites is 1.